The number of benzene rings is 1. The summed E-state index contributed by atoms with van der Waals surface area (Å²) in [5, 5.41) is 10.5. The van der Waals surface area contributed by atoms with Crippen LogP contribution >= 0.6 is 27.3 Å². The number of rotatable bonds is 5. The highest BCUT2D eigenvalue weighted by molar-refractivity contribution is 9.10. The van der Waals surface area contributed by atoms with Crippen LogP contribution in [0.1, 0.15) is 12.5 Å². The number of carbonyl (C=O) groups is 1. The van der Waals surface area contributed by atoms with Crippen molar-refractivity contribution in [3.05, 3.63) is 39.8 Å². The van der Waals surface area contributed by atoms with E-state index in [9.17, 15) is 4.79 Å². The van der Waals surface area contributed by atoms with E-state index in [1.54, 1.807) is 11.6 Å². The van der Waals surface area contributed by atoms with Crippen molar-refractivity contribution in [3.8, 4) is 5.75 Å². The van der Waals surface area contributed by atoms with Crippen LogP contribution in [0.3, 0.4) is 0 Å². The van der Waals surface area contributed by atoms with Crippen molar-refractivity contribution in [1.29, 1.82) is 0 Å². The predicted molar refractivity (Wildman–Crippen MR) is 82.9 cm³/mol. The van der Waals surface area contributed by atoms with Crippen LogP contribution in [0.2, 0.25) is 0 Å². The fraction of sp³-hybridized carbons (Fsp3) is 0.154. The average molecular weight is 354 g/mol. The zero-order valence-electron chi connectivity index (χ0n) is 10.7. The molecule has 2 aromatic rings. The fourth-order valence-electron chi connectivity index (χ4n) is 1.48. The first-order valence-corrected chi connectivity index (χ1v) is 7.54. The Morgan fingerprint density at radius 1 is 1.55 bits per heavy atom. The summed E-state index contributed by atoms with van der Waals surface area (Å²) in [5.41, 5.74) is 2.38. The predicted octanol–water partition coefficient (Wildman–Crippen LogP) is 3.35. The standard InChI is InChI=1S/C13H12BrN3O2S/c1-2-19-11-5-4-10(14)7-9(11)3-6-12(18)16-13-17-15-8-20-13/h3-8H,2H2,1H3,(H,16,17,18)/b6-3+. The number of hydrogen-bond donors (Lipinski definition) is 1. The molecule has 0 unspecified atom stereocenters. The Kier molecular flexibility index (Phi) is 5.25. The lowest BCUT2D eigenvalue weighted by Crippen LogP contribution is -2.07. The summed E-state index contributed by atoms with van der Waals surface area (Å²) in [7, 11) is 0. The number of anilines is 1. The molecule has 1 aromatic heterocycles. The highest BCUT2D eigenvalue weighted by Gasteiger charge is 2.04. The fourth-order valence-corrected chi connectivity index (χ4v) is 2.30. The van der Waals surface area contributed by atoms with Crippen molar-refractivity contribution in [2.45, 2.75) is 6.92 Å². The zero-order chi connectivity index (χ0) is 14.4. The van der Waals surface area contributed by atoms with Crippen molar-refractivity contribution < 1.29 is 9.53 Å². The lowest BCUT2D eigenvalue weighted by Gasteiger charge is -2.07. The molecule has 0 radical (unpaired) electrons. The van der Waals surface area contributed by atoms with Crippen LogP contribution in [-0.4, -0.2) is 22.7 Å². The summed E-state index contributed by atoms with van der Waals surface area (Å²) >= 11 is 4.66. The van der Waals surface area contributed by atoms with Crippen LogP contribution in [-0.2, 0) is 4.79 Å². The molecule has 0 saturated heterocycles. The number of ether oxygens (including phenoxy) is 1. The maximum Gasteiger partial charge on any atom is 0.250 e. The summed E-state index contributed by atoms with van der Waals surface area (Å²) < 4.78 is 6.43. The third-order valence-electron chi connectivity index (χ3n) is 2.28. The van der Waals surface area contributed by atoms with Gasteiger partial charge in [-0.2, -0.15) is 0 Å². The monoisotopic (exact) mass is 353 g/mol. The summed E-state index contributed by atoms with van der Waals surface area (Å²) in [6.07, 6.45) is 3.14. The molecular formula is C13H12BrN3O2S. The van der Waals surface area contributed by atoms with Gasteiger partial charge in [-0.05, 0) is 31.2 Å². The molecule has 0 aliphatic heterocycles. The Bertz CT molecular complexity index is 614. The van der Waals surface area contributed by atoms with Crippen molar-refractivity contribution in [2.24, 2.45) is 0 Å². The Hall–Kier alpha value is -1.73. The first kappa shape index (κ1) is 14.7. The Balaban J connectivity index is 2.10. The topological polar surface area (TPSA) is 64.1 Å². The number of nitrogens with zero attached hydrogens (tertiary/aromatic N) is 2. The lowest BCUT2D eigenvalue weighted by atomic mass is 10.2. The summed E-state index contributed by atoms with van der Waals surface area (Å²) in [4.78, 5) is 11.7. The summed E-state index contributed by atoms with van der Waals surface area (Å²) in [6.45, 7) is 2.48. The van der Waals surface area contributed by atoms with E-state index in [1.165, 1.54) is 17.4 Å². The quantitative estimate of drug-likeness (QED) is 0.837. The van der Waals surface area contributed by atoms with Gasteiger partial charge in [-0.15, -0.1) is 10.2 Å². The third kappa shape index (κ3) is 4.14. The minimum Gasteiger partial charge on any atom is -0.493 e. The third-order valence-corrected chi connectivity index (χ3v) is 3.38. The maximum absolute atomic E-state index is 11.7. The van der Waals surface area contributed by atoms with Crippen LogP contribution in [0, 0.1) is 0 Å². The molecule has 7 heteroatoms. The van der Waals surface area contributed by atoms with Gasteiger partial charge in [0.2, 0.25) is 11.0 Å². The van der Waals surface area contributed by atoms with E-state index in [-0.39, 0.29) is 5.91 Å². The second-order valence-electron chi connectivity index (χ2n) is 3.68. The Morgan fingerprint density at radius 2 is 2.40 bits per heavy atom. The van der Waals surface area contributed by atoms with Crippen LogP contribution in [0.4, 0.5) is 5.13 Å². The van der Waals surface area contributed by atoms with E-state index in [0.29, 0.717) is 11.7 Å². The van der Waals surface area contributed by atoms with Gasteiger partial charge in [0, 0.05) is 16.1 Å². The molecule has 104 valence electrons. The first-order valence-electron chi connectivity index (χ1n) is 5.86. The molecule has 5 nitrogen and oxygen atoms in total. The molecule has 1 aromatic carbocycles. The number of hydrogen-bond acceptors (Lipinski definition) is 5. The number of aromatic nitrogens is 2. The van der Waals surface area contributed by atoms with Gasteiger partial charge in [-0.1, -0.05) is 27.3 Å². The molecule has 1 heterocycles. The molecule has 0 spiro atoms. The molecule has 20 heavy (non-hydrogen) atoms. The molecular weight excluding hydrogens is 342 g/mol. The van der Waals surface area contributed by atoms with Gasteiger partial charge >= 0.3 is 0 Å². The molecule has 0 atom stereocenters. The summed E-state index contributed by atoms with van der Waals surface area (Å²) in [6, 6.07) is 5.64. The second-order valence-corrected chi connectivity index (χ2v) is 5.43. The number of amides is 1. The van der Waals surface area contributed by atoms with Crippen molar-refractivity contribution in [3.63, 3.8) is 0 Å². The molecule has 1 amide bonds. The molecule has 1 N–H and O–H groups in total. The van der Waals surface area contributed by atoms with E-state index in [0.717, 1.165) is 15.8 Å². The van der Waals surface area contributed by atoms with Crippen LogP contribution in [0.15, 0.2) is 34.3 Å². The van der Waals surface area contributed by atoms with Gasteiger partial charge in [-0.25, -0.2) is 0 Å². The molecule has 0 saturated carbocycles. The number of halogens is 1. The Morgan fingerprint density at radius 3 is 3.10 bits per heavy atom. The van der Waals surface area contributed by atoms with E-state index in [4.69, 9.17) is 4.74 Å². The molecule has 0 bridgehead atoms. The molecule has 2 rings (SSSR count). The second kappa shape index (κ2) is 7.16. The van der Waals surface area contributed by atoms with Gasteiger partial charge in [0.25, 0.3) is 0 Å². The largest absolute Gasteiger partial charge is 0.493 e. The van der Waals surface area contributed by atoms with Gasteiger partial charge < -0.3 is 4.74 Å². The Labute approximate surface area is 128 Å². The normalized spacial score (nSPS) is 10.7. The number of nitrogens with one attached hydrogen (secondary N) is 1. The minimum atomic E-state index is -0.260. The minimum absolute atomic E-state index is 0.260. The van der Waals surface area contributed by atoms with E-state index in [1.807, 2.05) is 25.1 Å². The average Bonchev–Trinajstić information content (AvgIpc) is 2.92. The van der Waals surface area contributed by atoms with Crippen LogP contribution < -0.4 is 10.1 Å². The first-order chi connectivity index (χ1) is 9.69. The van der Waals surface area contributed by atoms with Crippen LogP contribution in [0.5, 0.6) is 5.75 Å². The van der Waals surface area contributed by atoms with Crippen LogP contribution in [0.25, 0.3) is 6.08 Å². The van der Waals surface area contributed by atoms with Crippen molar-refractivity contribution in [1.82, 2.24) is 10.2 Å². The highest BCUT2D eigenvalue weighted by atomic mass is 79.9. The van der Waals surface area contributed by atoms with E-state index < -0.39 is 0 Å². The molecule has 0 aliphatic carbocycles. The lowest BCUT2D eigenvalue weighted by molar-refractivity contribution is -0.111. The van der Waals surface area contributed by atoms with Gasteiger partial charge in [-0.3, -0.25) is 10.1 Å². The molecule has 0 fully saturated rings. The zero-order valence-corrected chi connectivity index (χ0v) is 13.1. The van der Waals surface area contributed by atoms with E-state index in [2.05, 4.69) is 31.4 Å². The van der Waals surface area contributed by atoms with E-state index >= 15 is 0 Å². The SMILES string of the molecule is CCOc1ccc(Br)cc1/C=C/C(=O)Nc1nncs1. The smallest absolute Gasteiger partial charge is 0.250 e. The summed E-state index contributed by atoms with van der Waals surface area (Å²) in [5.74, 6) is 0.472. The maximum atomic E-state index is 11.7. The molecule has 0 aliphatic rings. The van der Waals surface area contributed by atoms with Crippen molar-refractivity contribution in [2.75, 3.05) is 11.9 Å². The van der Waals surface area contributed by atoms with Gasteiger partial charge in [0.15, 0.2) is 0 Å². The highest BCUT2D eigenvalue weighted by Crippen LogP contribution is 2.24. The van der Waals surface area contributed by atoms with Gasteiger partial charge in [0.1, 0.15) is 11.3 Å². The van der Waals surface area contributed by atoms with Gasteiger partial charge in [0.05, 0.1) is 6.61 Å². The number of carbonyl (C=O) groups excluding carboxylic acids is 1. The van der Waals surface area contributed by atoms with Crippen molar-refractivity contribution >= 4 is 44.4 Å².